The third kappa shape index (κ3) is 2.80. The van der Waals surface area contributed by atoms with Gasteiger partial charge in [0.15, 0.2) is 0 Å². The van der Waals surface area contributed by atoms with E-state index in [4.69, 9.17) is 9.47 Å². The van der Waals surface area contributed by atoms with Crippen LogP contribution >= 0.6 is 11.8 Å². The summed E-state index contributed by atoms with van der Waals surface area (Å²) in [5.41, 5.74) is -0.700. The molecule has 0 bridgehead atoms. The summed E-state index contributed by atoms with van der Waals surface area (Å²) in [6, 6.07) is -0.879. The third-order valence-electron chi connectivity index (χ3n) is 3.60. The van der Waals surface area contributed by atoms with E-state index in [2.05, 4.69) is 0 Å². The Labute approximate surface area is 132 Å². The van der Waals surface area contributed by atoms with Crippen molar-refractivity contribution in [3.05, 3.63) is 0 Å². The van der Waals surface area contributed by atoms with E-state index >= 15 is 0 Å². The lowest BCUT2D eigenvalue weighted by Crippen LogP contribution is -2.64. The van der Waals surface area contributed by atoms with Gasteiger partial charge in [0.1, 0.15) is 11.4 Å². The number of alkyl halides is 1. The highest BCUT2D eigenvalue weighted by Gasteiger charge is 2.64. The largest absolute Gasteiger partial charge is 0.427 e. The molecule has 124 valence electrons. The second-order valence-corrected chi connectivity index (χ2v) is 8.70. The highest BCUT2D eigenvalue weighted by atomic mass is 32.2. The van der Waals surface area contributed by atoms with Gasteiger partial charge in [-0.2, -0.15) is 0 Å². The lowest BCUT2D eigenvalue weighted by Gasteiger charge is -2.39. The van der Waals surface area contributed by atoms with Gasteiger partial charge in [0, 0.05) is 4.75 Å². The van der Waals surface area contributed by atoms with Crippen LogP contribution in [0.4, 0.5) is 4.39 Å². The maximum Gasteiger partial charge on any atom is 0.333 e. The number of ether oxygens (including phenoxy) is 2. The maximum absolute atomic E-state index is 13.5. The van der Waals surface area contributed by atoms with E-state index in [9.17, 15) is 18.8 Å². The zero-order valence-corrected chi connectivity index (χ0v) is 14.0. The van der Waals surface area contributed by atoms with Gasteiger partial charge in [0.05, 0.1) is 5.41 Å². The van der Waals surface area contributed by atoms with Crippen LogP contribution in [0.1, 0.15) is 34.6 Å². The fourth-order valence-electron chi connectivity index (χ4n) is 2.38. The number of nitrogens with zero attached hydrogens (tertiary/aromatic N) is 1. The van der Waals surface area contributed by atoms with Gasteiger partial charge in [-0.1, -0.05) is 0 Å². The Morgan fingerprint density at radius 3 is 2.45 bits per heavy atom. The molecule has 2 fully saturated rings. The molecule has 0 unspecified atom stereocenters. The molecule has 3 atom stereocenters. The Morgan fingerprint density at radius 1 is 1.32 bits per heavy atom. The molecule has 22 heavy (non-hydrogen) atoms. The molecular formula is C14H20FNO5S. The van der Waals surface area contributed by atoms with Gasteiger partial charge >= 0.3 is 11.9 Å². The molecule has 0 aromatic rings. The fraction of sp³-hybridized carbons (Fsp3) is 0.786. The summed E-state index contributed by atoms with van der Waals surface area (Å²) in [4.78, 5) is 36.6. The summed E-state index contributed by atoms with van der Waals surface area (Å²) in [5.74, 6) is -1.89. The van der Waals surface area contributed by atoms with Crippen molar-refractivity contribution in [3.8, 4) is 0 Å². The average molecular weight is 333 g/mol. The average Bonchev–Trinajstić information content (AvgIpc) is 2.65. The zero-order valence-electron chi connectivity index (χ0n) is 13.2. The minimum Gasteiger partial charge on any atom is -0.427 e. The molecule has 6 nitrogen and oxygen atoms in total. The standard InChI is InChI=1S/C14H20FNO5S/c1-13(2,3)12(19)21-6-20-11(18)8-14(4,5)22-10-7(15)9(17)16(8)10/h7-8,10H,6H2,1-5H3/t7-,8-,10+/m0/s1. The van der Waals surface area contributed by atoms with Crippen molar-refractivity contribution in [1.29, 1.82) is 0 Å². The Bertz CT molecular complexity index is 516. The van der Waals surface area contributed by atoms with E-state index < -0.39 is 52.4 Å². The first kappa shape index (κ1) is 17.1. The smallest absolute Gasteiger partial charge is 0.333 e. The number of β-lactam (4-membered cyclic amide) rings is 1. The molecule has 0 N–H and O–H groups in total. The number of carbonyl (C=O) groups is 3. The first-order valence-electron chi connectivity index (χ1n) is 6.95. The maximum atomic E-state index is 13.5. The highest BCUT2D eigenvalue weighted by Crippen LogP contribution is 2.51. The van der Waals surface area contributed by atoms with Crippen LogP contribution in [-0.4, -0.2) is 51.9 Å². The molecule has 2 aliphatic heterocycles. The van der Waals surface area contributed by atoms with Crippen molar-refractivity contribution < 1.29 is 28.2 Å². The molecule has 0 aromatic heterocycles. The number of thioether (sulfide) groups is 1. The minimum absolute atomic E-state index is 0.498. The van der Waals surface area contributed by atoms with Crippen molar-refractivity contribution in [1.82, 2.24) is 4.90 Å². The lowest BCUT2D eigenvalue weighted by molar-refractivity contribution is -0.181. The van der Waals surface area contributed by atoms with Crippen LogP contribution in [0.25, 0.3) is 0 Å². The molecule has 0 aromatic carbocycles. The third-order valence-corrected chi connectivity index (χ3v) is 5.14. The summed E-state index contributed by atoms with van der Waals surface area (Å²) in [5, 5.41) is -0.642. The monoisotopic (exact) mass is 333 g/mol. The van der Waals surface area contributed by atoms with Gasteiger partial charge in [-0.3, -0.25) is 9.59 Å². The van der Waals surface area contributed by atoms with E-state index in [1.54, 1.807) is 34.6 Å². The molecule has 1 amide bonds. The van der Waals surface area contributed by atoms with Gasteiger partial charge in [-0.25, -0.2) is 9.18 Å². The fourth-order valence-corrected chi connectivity index (χ4v) is 3.92. The van der Waals surface area contributed by atoms with Crippen molar-refractivity contribution in [3.63, 3.8) is 0 Å². The first-order valence-corrected chi connectivity index (χ1v) is 7.83. The molecule has 0 saturated carbocycles. The highest BCUT2D eigenvalue weighted by molar-refractivity contribution is 8.01. The van der Waals surface area contributed by atoms with Crippen LogP contribution in [0.5, 0.6) is 0 Å². The predicted octanol–water partition coefficient (Wildman–Crippen LogP) is 1.48. The lowest BCUT2D eigenvalue weighted by atomic mass is 9.97. The normalized spacial score (nSPS) is 29.6. The van der Waals surface area contributed by atoms with Crippen LogP contribution in [0, 0.1) is 5.41 Å². The first-order chi connectivity index (χ1) is 9.97. The minimum atomic E-state index is -1.57. The Morgan fingerprint density at radius 2 is 1.91 bits per heavy atom. The number of amides is 1. The number of fused-ring (bicyclic) bond motifs is 1. The van der Waals surface area contributed by atoms with Crippen molar-refractivity contribution in [2.45, 2.75) is 57.0 Å². The molecule has 2 aliphatic rings. The number of hydrogen-bond donors (Lipinski definition) is 0. The van der Waals surface area contributed by atoms with E-state index in [-0.39, 0.29) is 0 Å². The number of rotatable bonds is 3. The van der Waals surface area contributed by atoms with Gasteiger partial charge in [-0.15, -0.1) is 11.8 Å². The number of carbonyl (C=O) groups excluding carboxylic acids is 3. The van der Waals surface area contributed by atoms with E-state index in [1.165, 1.54) is 16.7 Å². The van der Waals surface area contributed by atoms with Crippen LogP contribution in [0.15, 0.2) is 0 Å². The summed E-state index contributed by atoms with van der Waals surface area (Å²) < 4.78 is 22.7. The quantitative estimate of drug-likeness (QED) is 0.442. The van der Waals surface area contributed by atoms with Crippen LogP contribution in [0.3, 0.4) is 0 Å². The van der Waals surface area contributed by atoms with Crippen molar-refractivity contribution >= 4 is 29.6 Å². The van der Waals surface area contributed by atoms with Crippen LogP contribution in [0.2, 0.25) is 0 Å². The van der Waals surface area contributed by atoms with E-state index in [0.717, 1.165) is 0 Å². The van der Waals surface area contributed by atoms with Gasteiger partial charge in [0.25, 0.3) is 5.91 Å². The second-order valence-electron chi connectivity index (χ2n) is 6.92. The summed E-state index contributed by atoms with van der Waals surface area (Å²) in [6.45, 7) is 8.03. The van der Waals surface area contributed by atoms with Crippen LogP contribution < -0.4 is 0 Å². The topological polar surface area (TPSA) is 72.9 Å². The summed E-state index contributed by atoms with van der Waals surface area (Å²) in [6.07, 6.45) is -1.57. The SMILES string of the molecule is CC(C)(C)C(=O)OCOC(=O)[C@@H]1N2C(=O)[C@H](F)[C@H]2SC1(C)C. The van der Waals surface area contributed by atoms with Gasteiger partial charge < -0.3 is 14.4 Å². The van der Waals surface area contributed by atoms with Crippen LogP contribution in [-0.2, 0) is 23.9 Å². The number of halogens is 1. The second kappa shape index (κ2) is 5.40. The molecule has 0 radical (unpaired) electrons. The molecule has 8 heteroatoms. The predicted molar refractivity (Wildman–Crippen MR) is 77.5 cm³/mol. The summed E-state index contributed by atoms with van der Waals surface area (Å²) >= 11 is 1.23. The molecule has 2 rings (SSSR count). The number of hydrogen-bond acceptors (Lipinski definition) is 6. The summed E-state index contributed by atoms with van der Waals surface area (Å²) in [7, 11) is 0. The molecule has 0 spiro atoms. The van der Waals surface area contributed by atoms with Gasteiger partial charge in [-0.05, 0) is 34.6 Å². The van der Waals surface area contributed by atoms with E-state index in [1.807, 2.05) is 0 Å². The van der Waals surface area contributed by atoms with Crippen molar-refractivity contribution in [2.75, 3.05) is 6.79 Å². The Balaban J connectivity index is 1.95. The number of esters is 2. The molecule has 2 saturated heterocycles. The van der Waals surface area contributed by atoms with Gasteiger partial charge in [0.2, 0.25) is 13.0 Å². The Kier molecular flexibility index (Phi) is 4.18. The Hall–Kier alpha value is -1.31. The van der Waals surface area contributed by atoms with E-state index in [0.29, 0.717) is 0 Å². The molecule has 0 aliphatic carbocycles. The van der Waals surface area contributed by atoms with Crippen molar-refractivity contribution in [2.24, 2.45) is 5.41 Å². The molecular weight excluding hydrogens is 313 g/mol. The molecule has 2 heterocycles. The zero-order chi connectivity index (χ0) is 16.9.